The van der Waals surface area contributed by atoms with Crippen LogP contribution in [0.5, 0.6) is 0 Å². The van der Waals surface area contributed by atoms with Gasteiger partial charge >= 0.3 is 6.09 Å². The van der Waals surface area contributed by atoms with Crippen LogP contribution < -0.4 is 5.32 Å². The molecule has 0 atom stereocenters. The molecule has 2 aliphatic heterocycles. The highest BCUT2D eigenvalue weighted by molar-refractivity contribution is 5.79. The summed E-state index contributed by atoms with van der Waals surface area (Å²) in [5.41, 5.74) is 4.79. The van der Waals surface area contributed by atoms with Gasteiger partial charge in [0.05, 0.1) is 18.8 Å². The van der Waals surface area contributed by atoms with Crippen molar-refractivity contribution in [2.24, 2.45) is 0 Å². The Morgan fingerprint density at radius 2 is 1.71 bits per heavy atom. The highest BCUT2D eigenvalue weighted by atomic mass is 16.6. The summed E-state index contributed by atoms with van der Waals surface area (Å²) in [6, 6.07) is 16.8. The third kappa shape index (κ3) is 3.09. The van der Waals surface area contributed by atoms with Gasteiger partial charge in [-0.15, -0.1) is 0 Å². The first-order chi connectivity index (χ1) is 13.8. The van der Waals surface area contributed by atoms with Crippen molar-refractivity contribution in [3.05, 3.63) is 59.7 Å². The number of piperidine rings is 1. The highest BCUT2D eigenvalue weighted by Crippen LogP contribution is 2.44. The maximum Gasteiger partial charge on any atom is 0.409 e. The summed E-state index contributed by atoms with van der Waals surface area (Å²) < 4.78 is 11.9. The summed E-state index contributed by atoms with van der Waals surface area (Å²) in [6.07, 6.45) is 1.67. The minimum atomic E-state index is -0.219. The summed E-state index contributed by atoms with van der Waals surface area (Å²) in [6.45, 7) is 4.08. The number of ether oxygens (including phenoxy) is 2. The Bertz CT molecular complexity index is 825. The molecule has 28 heavy (non-hydrogen) atoms. The number of benzene rings is 2. The number of carbonyl (C=O) groups is 1. The quantitative estimate of drug-likeness (QED) is 0.870. The van der Waals surface area contributed by atoms with Gasteiger partial charge in [0.2, 0.25) is 0 Å². The zero-order valence-corrected chi connectivity index (χ0v) is 16.0. The normalized spacial score (nSPS) is 20.6. The Balaban J connectivity index is 1.29. The van der Waals surface area contributed by atoms with Crippen LogP contribution in [0.2, 0.25) is 0 Å². The monoisotopic (exact) mass is 378 g/mol. The van der Waals surface area contributed by atoms with Crippen molar-refractivity contribution < 1.29 is 14.3 Å². The number of fused-ring (bicyclic) bond motifs is 3. The third-order valence-electron chi connectivity index (χ3n) is 6.36. The van der Waals surface area contributed by atoms with Gasteiger partial charge in [-0.3, -0.25) is 0 Å². The number of hydrogen-bond donors (Lipinski definition) is 1. The molecule has 2 aromatic rings. The van der Waals surface area contributed by atoms with E-state index >= 15 is 0 Å². The molecule has 146 valence electrons. The van der Waals surface area contributed by atoms with Crippen LogP contribution in [-0.2, 0) is 9.47 Å². The number of rotatable bonds is 2. The van der Waals surface area contributed by atoms with Crippen molar-refractivity contribution in [1.29, 1.82) is 0 Å². The van der Waals surface area contributed by atoms with Crippen LogP contribution in [0.1, 0.15) is 29.9 Å². The first kappa shape index (κ1) is 17.7. The SMILES string of the molecule is O=C(OCC1c2ccccc2-c2ccccc21)N1CCOC2(CCNCC2)C1. The topological polar surface area (TPSA) is 50.8 Å². The fraction of sp³-hybridized carbons (Fsp3) is 0.435. The smallest absolute Gasteiger partial charge is 0.409 e. The van der Waals surface area contributed by atoms with E-state index in [1.54, 1.807) is 0 Å². The summed E-state index contributed by atoms with van der Waals surface area (Å²) in [4.78, 5) is 14.7. The van der Waals surface area contributed by atoms with Crippen LogP contribution in [0.25, 0.3) is 11.1 Å². The molecule has 5 nitrogen and oxygen atoms in total. The average molecular weight is 378 g/mol. The lowest BCUT2D eigenvalue weighted by atomic mass is 9.90. The molecule has 1 aliphatic carbocycles. The van der Waals surface area contributed by atoms with Crippen LogP contribution in [-0.4, -0.2) is 56.0 Å². The van der Waals surface area contributed by atoms with Crippen molar-refractivity contribution in [1.82, 2.24) is 10.2 Å². The Hall–Kier alpha value is -2.37. The van der Waals surface area contributed by atoms with Crippen molar-refractivity contribution in [3.8, 4) is 11.1 Å². The molecule has 0 radical (unpaired) electrons. The Kier molecular flexibility index (Phi) is 4.57. The molecule has 0 unspecified atom stereocenters. The Labute approximate surface area is 165 Å². The fourth-order valence-electron chi connectivity index (χ4n) is 4.87. The molecule has 1 amide bonds. The van der Waals surface area contributed by atoms with Crippen LogP contribution in [0.15, 0.2) is 48.5 Å². The van der Waals surface area contributed by atoms with Crippen molar-refractivity contribution in [3.63, 3.8) is 0 Å². The molecule has 1 N–H and O–H groups in total. The molecule has 5 rings (SSSR count). The largest absolute Gasteiger partial charge is 0.448 e. The minimum absolute atomic E-state index is 0.102. The molecular weight excluding hydrogens is 352 g/mol. The average Bonchev–Trinajstić information content (AvgIpc) is 3.06. The van der Waals surface area contributed by atoms with E-state index in [1.807, 2.05) is 4.90 Å². The van der Waals surface area contributed by atoms with Gasteiger partial charge in [0.15, 0.2) is 0 Å². The van der Waals surface area contributed by atoms with E-state index in [4.69, 9.17) is 9.47 Å². The molecule has 2 saturated heterocycles. The lowest BCUT2D eigenvalue weighted by Gasteiger charge is -2.44. The summed E-state index contributed by atoms with van der Waals surface area (Å²) in [5, 5.41) is 3.37. The van der Waals surface area contributed by atoms with E-state index in [-0.39, 0.29) is 17.6 Å². The van der Waals surface area contributed by atoms with Crippen molar-refractivity contribution >= 4 is 6.09 Å². The molecule has 2 heterocycles. The van der Waals surface area contributed by atoms with Gasteiger partial charge in [-0.25, -0.2) is 4.79 Å². The molecule has 0 bridgehead atoms. The van der Waals surface area contributed by atoms with Gasteiger partial charge in [0.1, 0.15) is 6.61 Å². The van der Waals surface area contributed by atoms with E-state index in [9.17, 15) is 4.79 Å². The molecule has 1 spiro atoms. The second-order valence-corrected chi connectivity index (χ2v) is 8.01. The fourth-order valence-corrected chi connectivity index (χ4v) is 4.87. The molecule has 0 saturated carbocycles. The zero-order valence-electron chi connectivity index (χ0n) is 16.0. The number of nitrogens with zero attached hydrogens (tertiary/aromatic N) is 1. The maximum atomic E-state index is 12.8. The molecule has 5 heteroatoms. The molecular formula is C23H26N2O3. The number of amides is 1. The Morgan fingerprint density at radius 3 is 2.39 bits per heavy atom. The standard InChI is InChI=1S/C23H26N2O3/c26-22(25-13-14-28-23(16-25)9-11-24-12-10-23)27-15-21-19-7-3-1-5-17(19)18-6-2-4-8-20(18)21/h1-8,21,24H,9-16H2. The lowest BCUT2D eigenvalue weighted by Crippen LogP contribution is -2.57. The van der Waals surface area contributed by atoms with E-state index in [0.29, 0.717) is 26.3 Å². The van der Waals surface area contributed by atoms with Gasteiger partial charge < -0.3 is 19.7 Å². The lowest BCUT2D eigenvalue weighted by molar-refractivity contribution is -0.118. The zero-order chi connectivity index (χ0) is 19.0. The summed E-state index contributed by atoms with van der Waals surface area (Å²) in [5.74, 6) is 0.102. The summed E-state index contributed by atoms with van der Waals surface area (Å²) >= 11 is 0. The van der Waals surface area contributed by atoms with Crippen molar-refractivity contribution in [2.45, 2.75) is 24.4 Å². The predicted molar refractivity (Wildman–Crippen MR) is 107 cm³/mol. The maximum absolute atomic E-state index is 12.8. The number of morpholine rings is 1. The van der Waals surface area contributed by atoms with Gasteiger partial charge in [0, 0.05) is 12.5 Å². The number of hydrogen-bond acceptors (Lipinski definition) is 4. The van der Waals surface area contributed by atoms with Crippen LogP contribution >= 0.6 is 0 Å². The van der Waals surface area contributed by atoms with E-state index < -0.39 is 0 Å². The van der Waals surface area contributed by atoms with E-state index in [1.165, 1.54) is 22.3 Å². The first-order valence-electron chi connectivity index (χ1n) is 10.2. The highest BCUT2D eigenvalue weighted by Gasteiger charge is 2.40. The first-order valence-corrected chi connectivity index (χ1v) is 10.2. The molecule has 2 fully saturated rings. The van der Waals surface area contributed by atoms with Crippen LogP contribution in [0.4, 0.5) is 4.79 Å². The van der Waals surface area contributed by atoms with Gasteiger partial charge in [-0.1, -0.05) is 48.5 Å². The minimum Gasteiger partial charge on any atom is -0.448 e. The van der Waals surface area contributed by atoms with Crippen molar-refractivity contribution in [2.75, 3.05) is 39.4 Å². The number of nitrogens with one attached hydrogen (secondary N) is 1. The van der Waals surface area contributed by atoms with E-state index in [2.05, 4.69) is 53.8 Å². The molecule has 0 aromatic heterocycles. The van der Waals surface area contributed by atoms with Crippen LogP contribution in [0.3, 0.4) is 0 Å². The van der Waals surface area contributed by atoms with E-state index in [0.717, 1.165) is 25.9 Å². The van der Waals surface area contributed by atoms with Crippen LogP contribution in [0, 0.1) is 0 Å². The van der Waals surface area contributed by atoms with Gasteiger partial charge in [-0.05, 0) is 48.2 Å². The summed E-state index contributed by atoms with van der Waals surface area (Å²) in [7, 11) is 0. The van der Waals surface area contributed by atoms with Gasteiger partial charge in [-0.2, -0.15) is 0 Å². The molecule has 2 aromatic carbocycles. The molecule has 3 aliphatic rings. The second kappa shape index (κ2) is 7.22. The Morgan fingerprint density at radius 1 is 1.07 bits per heavy atom. The third-order valence-corrected chi connectivity index (χ3v) is 6.36. The number of carbonyl (C=O) groups excluding carboxylic acids is 1. The predicted octanol–water partition coefficient (Wildman–Crippen LogP) is 3.39. The second-order valence-electron chi connectivity index (χ2n) is 8.01. The van der Waals surface area contributed by atoms with Gasteiger partial charge in [0.25, 0.3) is 0 Å².